The van der Waals surface area contributed by atoms with Gasteiger partial charge in [0.05, 0.1) is 0 Å². The Morgan fingerprint density at radius 1 is 0.605 bits per heavy atom. The summed E-state index contributed by atoms with van der Waals surface area (Å²) >= 11 is 2.26. The first kappa shape index (κ1) is 29.9. The van der Waals surface area contributed by atoms with E-state index in [-0.39, 0.29) is 24.8 Å². The van der Waals surface area contributed by atoms with Crippen molar-refractivity contribution in [1.29, 1.82) is 0 Å². The molecule has 0 aliphatic heterocycles. The third-order valence-electron chi connectivity index (χ3n) is 6.71. The monoisotopic (exact) mass is 568 g/mol. The molecule has 0 amide bonds. The summed E-state index contributed by atoms with van der Waals surface area (Å²) in [6.45, 7) is 0. The predicted octanol–water partition coefficient (Wildman–Crippen LogP) is 3.64. The molecule has 1 saturated carbocycles. The minimum atomic E-state index is 0. The quantitative estimate of drug-likeness (QED) is 0.225. The largest absolute Gasteiger partial charge is 0.126 e. The first-order chi connectivity index (χ1) is 17.8. The van der Waals surface area contributed by atoms with Crippen molar-refractivity contribution in [2.24, 2.45) is 0 Å². The second-order valence-electron chi connectivity index (χ2n) is 9.29. The number of benzene rings is 4. The number of hydrogen-bond donors (Lipinski definition) is 0. The molecule has 0 saturated heterocycles. The van der Waals surface area contributed by atoms with Crippen molar-refractivity contribution in [2.75, 3.05) is 0 Å². The SMILES string of the molecule is [C-]1=CC=CC1.[Cl-].[Cl-].[Ti+2]=[C]1CCCC1.c1ccc(-c2ccc3c(c2)[cH-]c2cc(-c4ccccc4)ccc23)cc1. The van der Waals surface area contributed by atoms with Crippen molar-refractivity contribution in [1.82, 2.24) is 0 Å². The maximum Gasteiger partial charge on any atom is -0.0259 e. The van der Waals surface area contributed by atoms with Gasteiger partial charge in [0.2, 0.25) is 0 Å². The molecule has 38 heavy (non-hydrogen) atoms. The Labute approximate surface area is 250 Å². The molecule has 0 aromatic heterocycles. The fourth-order valence-corrected chi connectivity index (χ4v) is 5.34. The van der Waals surface area contributed by atoms with Gasteiger partial charge in [0, 0.05) is 0 Å². The fourth-order valence-electron chi connectivity index (χ4n) is 4.78. The molecule has 0 atom stereocenters. The van der Waals surface area contributed by atoms with E-state index in [9.17, 15) is 0 Å². The molecule has 1 fully saturated rings. The summed E-state index contributed by atoms with van der Waals surface area (Å²) in [5, 5.41) is 5.27. The van der Waals surface area contributed by atoms with Crippen LogP contribution in [-0.2, 0) is 20.0 Å². The van der Waals surface area contributed by atoms with E-state index in [0.29, 0.717) is 0 Å². The third-order valence-corrected chi connectivity index (χ3v) is 7.49. The van der Waals surface area contributed by atoms with Crippen LogP contribution in [0.2, 0.25) is 0 Å². The Morgan fingerprint density at radius 2 is 1.11 bits per heavy atom. The number of fused-ring (bicyclic) bond motifs is 3. The molecule has 3 heteroatoms. The molecule has 0 unspecified atom stereocenters. The van der Waals surface area contributed by atoms with Crippen LogP contribution < -0.4 is 24.8 Å². The van der Waals surface area contributed by atoms with Gasteiger partial charge in [-0.2, -0.15) is 6.08 Å². The van der Waals surface area contributed by atoms with E-state index in [1.807, 2.05) is 12.2 Å². The van der Waals surface area contributed by atoms with Crippen LogP contribution in [-0.4, -0.2) is 3.81 Å². The smallest absolute Gasteiger partial charge is 0.0259 e. The van der Waals surface area contributed by atoms with Crippen molar-refractivity contribution >= 4 is 25.4 Å². The molecule has 5 aromatic rings. The first-order valence-electron chi connectivity index (χ1n) is 12.8. The van der Waals surface area contributed by atoms with E-state index in [0.717, 1.165) is 6.42 Å². The number of hydrogen-bond acceptors (Lipinski definition) is 0. The number of allylic oxidation sites excluding steroid dienone is 4. The molecule has 7 rings (SSSR count). The van der Waals surface area contributed by atoms with E-state index in [1.165, 1.54) is 69.5 Å². The average molecular weight is 569 g/mol. The maximum atomic E-state index is 2.99. The summed E-state index contributed by atoms with van der Waals surface area (Å²) in [4.78, 5) is 0. The number of rotatable bonds is 2. The molecule has 5 aromatic carbocycles. The summed E-state index contributed by atoms with van der Waals surface area (Å²) in [7, 11) is 0. The summed E-state index contributed by atoms with van der Waals surface area (Å²) < 4.78 is 1.70. The van der Waals surface area contributed by atoms with Crippen LogP contribution in [0.3, 0.4) is 0 Å². The zero-order chi connectivity index (χ0) is 24.6. The Balaban J connectivity index is 0.000000257. The van der Waals surface area contributed by atoms with Gasteiger partial charge in [0.15, 0.2) is 0 Å². The maximum absolute atomic E-state index is 2.99. The van der Waals surface area contributed by atoms with Gasteiger partial charge >= 0.3 is 49.5 Å². The topological polar surface area (TPSA) is 0 Å². The van der Waals surface area contributed by atoms with Crippen LogP contribution in [0.1, 0.15) is 32.1 Å². The Kier molecular flexibility index (Phi) is 11.9. The normalized spacial score (nSPS) is 13.3. The van der Waals surface area contributed by atoms with Crippen molar-refractivity contribution in [3.05, 3.63) is 127 Å². The molecule has 0 N–H and O–H groups in total. The van der Waals surface area contributed by atoms with Crippen LogP contribution in [0.4, 0.5) is 0 Å². The predicted molar refractivity (Wildman–Crippen MR) is 153 cm³/mol. The minimum Gasteiger partial charge on any atom is -0.126 e. The second kappa shape index (κ2) is 15.1. The van der Waals surface area contributed by atoms with E-state index in [1.54, 1.807) is 3.81 Å². The van der Waals surface area contributed by atoms with Crippen molar-refractivity contribution in [3.63, 3.8) is 0 Å². The van der Waals surface area contributed by atoms with Crippen LogP contribution in [0.5, 0.6) is 0 Å². The van der Waals surface area contributed by atoms with Gasteiger partial charge in [0.25, 0.3) is 0 Å². The van der Waals surface area contributed by atoms with E-state index < -0.39 is 0 Å². The van der Waals surface area contributed by atoms with Crippen LogP contribution >= 0.6 is 0 Å². The van der Waals surface area contributed by atoms with Gasteiger partial charge in [-0.1, -0.05) is 96.1 Å². The van der Waals surface area contributed by atoms with Crippen molar-refractivity contribution in [2.45, 2.75) is 32.1 Å². The van der Waals surface area contributed by atoms with E-state index in [4.69, 9.17) is 0 Å². The summed E-state index contributed by atoms with van der Waals surface area (Å²) in [6, 6.07) is 37.0. The molecular formula is C35H30Cl2Ti-2. The molecule has 2 aliphatic rings. The summed E-state index contributed by atoms with van der Waals surface area (Å²) in [5.74, 6) is 0. The minimum absolute atomic E-state index is 0. The number of halogens is 2. The van der Waals surface area contributed by atoms with Gasteiger partial charge in [-0.05, 0) is 11.1 Å². The molecule has 0 nitrogen and oxygen atoms in total. The average Bonchev–Trinajstić information content (AvgIpc) is 3.73. The van der Waals surface area contributed by atoms with Gasteiger partial charge in [0.1, 0.15) is 0 Å². The first-order valence-corrected chi connectivity index (χ1v) is 13.6. The Morgan fingerprint density at radius 3 is 1.45 bits per heavy atom. The Bertz CT molecular complexity index is 1400. The Hall–Kier alpha value is -2.61. The zero-order valence-electron chi connectivity index (χ0n) is 21.3. The van der Waals surface area contributed by atoms with E-state index >= 15 is 0 Å². The molecule has 0 radical (unpaired) electrons. The van der Waals surface area contributed by atoms with Crippen LogP contribution in [0.15, 0.2) is 121 Å². The molecule has 190 valence electrons. The van der Waals surface area contributed by atoms with Gasteiger partial charge in [-0.25, -0.2) is 12.2 Å². The third kappa shape index (κ3) is 7.72. The molecule has 0 bridgehead atoms. The molecule has 2 aliphatic carbocycles. The second-order valence-corrected chi connectivity index (χ2v) is 10.4. The van der Waals surface area contributed by atoms with Gasteiger partial charge in [-0.15, -0.1) is 46.2 Å². The van der Waals surface area contributed by atoms with E-state index in [2.05, 4.69) is 135 Å². The summed E-state index contributed by atoms with van der Waals surface area (Å²) in [5.41, 5.74) is 5.07. The fraction of sp³-hybridized carbons (Fsp3) is 0.143. The van der Waals surface area contributed by atoms with Crippen LogP contribution in [0, 0.1) is 6.08 Å². The standard InChI is InChI=1S/C25H17.C5H8.C5H5.2ClH.Ti/c1-3-7-18(8-4-1)20-11-13-24-22(15-20)17-23-16-21(12-14-25(23)24)19-9-5-2-6-10-19;2*1-2-4-5-3-1;;;/h1-17H;1-4H2;1-3H,4H2;2*1H;/q-1;;-1;;;+2/p-2. The molecule has 0 heterocycles. The zero-order valence-corrected chi connectivity index (χ0v) is 24.4. The van der Waals surface area contributed by atoms with Gasteiger partial charge < -0.3 is 24.8 Å². The molecule has 0 spiro atoms. The summed E-state index contributed by atoms with van der Waals surface area (Å²) in [6.07, 6.45) is 15.7. The van der Waals surface area contributed by atoms with Crippen LogP contribution in [0.25, 0.3) is 43.8 Å². The van der Waals surface area contributed by atoms with Crippen molar-refractivity contribution in [3.8, 4) is 22.3 Å². The van der Waals surface area contributed by atoms with Gasteiger partial charge in [-0.3, -0.25) is 6.08 Å². The van der Waals surface area contributed by atoms with Crippen molar-refractivity contribution < 1.29 is 44.8 Å². The molecular weight excluding hydrogens is 539 g/mol.